The van der Waals surface area contributed by atoms with Crippen LogP contribution in [0.4, 0.5) is 5.00 Å². The van der Waals surface area contributed by atoms with Gasteiger partial charge < -0.3 is 15.1 Å². The maximum atomic E-state index is 13.4. The first-order valence-electron chi connectivity index (χ1n) is 12.7. The number of nitrogens with one attached hydrogen (secondary N) is 1. The number of likely N-dealkylation sites (N-methyl/N-ethyl adjacent to an activating group) is 1. The van der Waals surface area contributed by atoms with E-state index in [1.807, 2.05) is 20.9 Å². The predicted octanol–water partition coefficient (Wildman–Crippen LogP) is 3.89. The van der Waals surface area contributed by atoms with Gasteiger partial charge in [-0.1, -0.05) is 6.92 Å². The fourth-order valence-corrected chi connectivity index (χ4v) is 7.63. The Hall–Kier alpha value is -2.27. The summed E-state index contributed by atoms with van der Waals surface area (Å²) < 4.78 is 27.6. The van der Waals surface area contributed by atoms with E-state index in [0.29, 0.717) is 48.2 Å². The number of nitrogens with zero attached hydrogens (tertiary/aromatic N) is 3. The van der Waals surface area contributed by atoms with Gasteiger partial charge in [-0.05, 0) is 75.9 Å². The molecule has 1 aromatic heterocycles. The van der Waals surface area contributed by atoms with Crippen LogP contribution in [0.3, 0.4) is 0 Å². The number of piperidine rings is 1. The number of benzene rings is 1. The zero-order chi connectivity index (χ0) is 26.0. The van der Waals surface area contributed by atoms with Crippen LogP contribution in [0.25, 0.3) is 0 Å². The normalized spacial score (nSPS) is 17.6. The van der Waals surface area contributed by atoms with Gasteiger partial charge in [-0.15, -0.1) is 11.3 Å². The summed E-state index contributed by atoms with van der Waals surface area (Å²) >= 11 is 1.46. The van der Waals surface area contributed by atoms with Crippen molar-refractivity contribution in [3.8, 4) is 0 Å². The van der Waals surface area contributed by atoms with Crippen molar-refractivity contribution < 1.29 is 18.0 Å². The lowest BCUT2D eigenvalue weighted by molar-refractivity contribution is 0.0772. The summed E-state index contributed by atoms with van der Waals surface area (Å²) in [6.45, 7) is 9.88. The van der Waals surface area contributed by atoms with Gasteiger partial charge >= 0.3 is 0 Å². The van der Waals surface area contributed by atoms with E-state index in [2.05, 4.69) is 17.1 Å². The Morgan fingerprint density at radius 1 is 1.08 bits per heavy atom. The lowest BCUT2D eigenvalue weighted by Crippen LogP contribution is -2.37. The van der Waals surface area contributed by atoms with Crippen molar-refractivity contribution in [1.29, 1.82) is 0 Å². The molecule has 4 rings (SSSR count). The highest BCUT2D eigenvalue weighted by Gasteiger charge is 2.31. The number of carbonyl (C=O) groups is 2. The maximum absolute atomic E-state index is 13.4. The molecule has 2 aliphatic rings. The van der Waals surface area contributed by atoms with Crippen molar-refractivity contribution in [2.75, 3.05) is 45.1 Å². The van der Waals surface area contributed by atoms with E-state index < -0.39 is 10.0 Å². The van der Waals surface area contributed by atoms with E-state index in [0.717, 1.165) is 42.8 Å². The number of sulfonamides is 1. The molecular weight excluding hydrogens is 496 g/mol. The smallest absolute Gasteiger partial charge is 0.257 e. The van der Waals surface area contributed by atoms with Gasteiger partial charge in [0.2, 0.25) is 10.0 Å². The molecule has 196 valence electrons. The lowest BCUT2D eigenvalue weighted by atomic mass is 10.0. The third-order valence-electron chi connectivity index (χ3n) is 7.24. The summed E-state index contributed by atoms with van der Waals surface area (Å²) in [6, 6.07) is 6.08. The predicted molar refractivity (Wildman–Crippen MR) is 143 cm³/mol. The molecule has 0 atom stereocenters. The quantitative estimate of drug-likeness (QED) is 0.584. The third kappa shape index (κ3) is 5.37. The van der Waals surface area contributed by atoms with Crippen LogP contribution in [-0.2, 0) is 23.0 Å². The number of amides is 2. The van der Waals surface area contributed by atoms with Crippen molar-refractivity contribution in [3.63, 3.8) is 0 Å². The second-order valence-corrected chi connectivity index (χ2v) is 12.8. The van der Waals surface area contributed by atoms with Crippen LogP contribution >= 0.6 is 11.3 Å². The molecule has 0 bridgehead atoms. The highest BCUT2D eigenvalue weighted by molar-refractivity contribution is 7.89. The molecule has 0 spiro atoms. The van der Waals surface area contributed by atoms with Crippen LogP contribution in [0.15, 0.2) is 29.2 Å². The molecule has 0 radical (unpaired) electrons. The number of rotatable bonds is 7. The standard InChI is InChI=1S/C26H36N4O4S2/c1-5-29(6-2)26(32)23-21-13-14-28(4)17-22(21)35-25(23)27-24(31)19-7-9-20(10-8-19)36(33,34)30-15-11-18(3)12-16-30/h7-10,18H,5-6,11-17H2,1-4H3,(H,27,31). The second-order valence-electron chi connectivity index (χ2n) is 9.74. The Labute approximate surface area is 218 Å². The SMILES string of the molecule is CCN(CC)C(=O)c1c(NC(=O)c2ccc(S(=O)(=O)N3CCC(C)CC3)cc2)sc2c1CCN(C)C2. The van der Waals surface area contributed by atoms with Gasteiger partial charge in [0.15, 0.2) is 0 Å². The van der Waals surface area contributed by atoms with Gasteiger partial charge in [0.25, 0.3) is 11.8 Å². The highest BCUT2D eigenvalue weighted by atomic mass is 32.2. The first-order valence-corrected chi connectivity index (χ1v) is 14.9. The van der Waals surface area contributed by atoms with Gasteiger partial charge in [-0.2, -0.15) is 4.31 Å². The molecule has 1 aromatic carbocycles. The third-order valence-corrected chi connectivity index (χ3v) is 10.3. The Balaban J connectivity index is 1.57. The molecule has 2 aliphatic heterocycles. The van der Waals surface area contributed by atoms with E-state index >= 15 is 0 Å². The lowest BCUT2D eigenvalue weighted by Gasteiger charge is -2.29. The average Bonchev–Trinajstić information content (AvgIpc) is 3.21. The van der Waals surface area contributed by atoms with Gasteiger partial charge in [-0.3, -0.25) is 9.59 Å². The molecule has 1 N–H and O–H groups in total. The number of carbonyl (C=O) groups excluding carboxylic acids is 2. The van der Waals surface area contributed by atoms with Gasteiger partial charge in [0, 0.05) is 49.7 Å². The first-order chi connectivity index (χ1) is 17.1. The Morgan fingerprint density at radius 2 is 1.72 bits per heavy atom. The summed E-state index contributed by atoms with van der Waals surface area (Å²) in [5.41, 5.74) is 1.98. The topological polar surface area (TPSA) is 90.0 Å². The molecule has 2 amide bonds. The molecule has 1 saturated heterocycles. The molecule has 2 aromatic rings. The van der Waals surface area contributed by atoms with E-state index in [1.54, 1.807) is 17.0 Å². The number of thiophene rings is 1. The molecule has 0 aliphatic carbocycles. The molecule has 1 fully saturated rings. The molecular formula is C26H36N4O4S2. The van der Waals surface area contributed by atoms with Crippen LogP contribution in [0.1, 0.15) is 64.8 Å². The summed E-state index contributed by atoms with van der Waals surface area (Å²) in [7, 11) is -1.53. The van der Waals surface area contributed by atoms with Crippen molar-refractivity contribution in [2.45, 2.75) is 51.5 Å². The number of anilines is 1. The molecule has 0 saturated carbocycles. The first kappa shape index (κ1) is 26.8. The van der Waals surface area contributed by atoms with Crippen molar-refractivity contribution in [3.05, 3.63) is 45.8 Å². The van der Waals surface area contributed by atoms with E-state index in [9.17, 15) is 18.0 Å². The summed E-state index contributed by atoms with van der Waals surface area (Å²) in [4.78, 5) is 31.8. The molecule has 0 unspecified atom stereocenters. The zero-order valence-corrected chi connectivity index (χ0v) is 23.2. The van der Waals surface area contributed by atoms with Gasteiger partial charge in [0.05, 0.1) is 10.5 Å². The highest BCUT2D eigenvalue weighted by Crippen LogP contribution is 2.38. The van der Waals surface area contributed by atoms with Gasteiger partial charge in [-0.25, -0.2) is 8.42 Å². The number of hydrogen-bond donors (Lipinski definition) is 1. The van der Waals surface area contributed by atoms with E-state index in [-0.39, 0.29) is 16.7 Å². The average molecular weight is 533 g/mol. The van der Waals surface area contributed by atoms with Crippen LogP contribution in [0.2, 0.25) is 0 Å². The zero-order valence-electron chi connectivity index (χ0n) is 21.5. The minimum Gasteiger partial charge on any atom is -0.339 e. The maximum Gasteiger partial charge on any atom is 0.257 e. The minimum atomic E-state index is -3.58. The molecule has 8 nitrogen and oxygen atoms in total. The number of hydrogen-bond acceptors (Lipinski definition) is 6. The second kappa shape index (κ2) is 11.0. The molecule has 36 heavy (non-hydrogen) atoms. The van der Waals surface area contributed by atoms with Crippen LogP contribution < -0.4 is 5.32 Å². The molecule has 10 heteroatoms. The number of fused-ring (bicyclic) bond motifs is 1. The fraction of sp³-hybridized carbons (Fsp3) is 0.538. The summed E-state index contributed by atoms with van der Waals surface area (Å²) in [6.07, 6.45) is 2.48. The monoisotopic (exact) mass is 532 g/mol. The van der Waals surface area contributed by atoms with E-state index in [4.69, 9.17) is 0 Å². The largest absolute Gasteiger partial charge is 0.339 e. The minimum absolute atomic E-state index is 0.0605. The van der Waals surface area contributed by atoms with Crippen molar-refractivity contribution >= 4 is 38.2 Å². The summed E-state index contributed by atoms with van der Waals surface area (Å²) in [5, 5.41) is 3.53. The Kier molecular flexibility index (Phi) is 8.18. The van der Waals surface area contributed by atoms with Crippen molar-refractivity contribution in [2.24, 2.45) is 5.92 Å². The van der Waals surface area contributed by atoms with Crippen LogP contribution in [-0.4, -0.2) is 74.1 Å². The molecule has 3 heterocycles. The Morgan fingerprint density at radius 3 is 2.33 bits per heavy atom. The van der Waals surface area contributed by atoms with Crippen LogP contribution in [0.5, 0.6) is 0 Å². The fourth-order valence-electron chi connectivity index (χ4n) is 4.84. The van der Waals surface area contributed by atoms with Gasteiger partial charge in [0.1, 0.15) is 5.00 Å². The Bertz CT molecular complexity index is 1210. The van der Waals surface area contributed by atoms with Crippen LogP contribution in [0, 0.1) is 5.92 Å². The van der Waals surface area contributed by atoms with Crippen molar-refractivity contribution in [1.82, 2.24) is 14.1 Å². The van der Waals surface area contributed by atoms with E-state index in [1.165, 1.54) is 27.8 Å². The summed E-state index contributed by atoms with van der Waals surface area (Å²) in [5.74, 6) is 0.116.